The van der Waals surface area contributed by atoms with Gasteiger partial charge in [-0.2, -0.15) is 13.2 Å². The molecule has 1 heterocycles. The van der Waals surface area contributed by atoms with Crippen LogP contribution in [0.15, 0.2) is 29.4 Å². The lowest BCUT2D eigenvalue weighted by Gasteiger charge is -2.40. The van der Waals surface area contributed by atoms with E-state index < -0.39 is 38.2 Å². The molecule has 0 saturated heterocycles. The van der Waals surface area contributed by atoms with Crippen molar-refractivity contribution >= 4 is 31.8 Å². The van der Waals surface area contributed by atoms with Gasteiger partial charge in [-0.25, -0.2) is 4.79 Å². The zero-order valence-corrected chi connectivity index (χ0v) is 17.5. The normalized spacial score (nSPS) is 17.0. The second kappa shape index (κ2) is 7.44. The molecule has 27 heavy (non-hydrogen) atoms. The number of amides is 2. The van der Waals surface area contributed by atoms with E-state index in [0.717, 1.165) is 4.90 Å². The van der Waals surface area contributed by atoms with E-state index in [4.69, 9.17) is 16.0 Å². The highest BCUT2D eigenvalue weighted by Crippen LogP contribution is 2.40. The predicted octanol–water partition coefficient (Wildman–Crippen LogP) is 4.99. The number of carbonyl (C=O) groups excluding carboxylic acids is 1. The maximum Gasteiger partial charge on any atom is 0.415 e. The fourth-order valence-electron chi connectivity index (χ4n) is 2.17. The Kier molecular flexibility index (Phi) is 5.98. The molecule has 2 rings (SSSR count). The predicted molar refractivity (Wildman–Crippen MR) is 100 cm³/mol. The highest BCUT2D eigenvalue weighted by molar-refractivity contribution is 6.74. The fraction of sp³-hybridized carbons (Fsp3) is 0.529. The minimum absolute atomic E-state index is 0.0461. The average Bonchev–Trinajstić information content (AvgIpc) is 2.86. The fourth-order valence-corrected chi connectivity index (χ4v) is 3.57. The third kappa shape index (κ3) is 5.02. The standard InChI is InChI=1S/C17H22ClF3N3O2Si/c1-16(2,3)27(4,5)26-13(17(19,20)21)10-24-14(22-23-15(24)25)11-6-8-12(18)9-7-11/h6-9,13H,10H2,1-5H3/t13-/m0/s1. The second-order valence-electron chi connectivity index (χ2n) is 7.83. The number of carbonyl (C=O) groups is 1. The van der Waals surface area contributed by atoms with Crippen LogP contribution in [0.2, 0.25) is 23.2 Å². The minimum Gasteiger partial charge on any atom is -0.404 e. The van der Waals surface area contributed by atoms with E-state index in [9.17, 15) is 18.0 Å². The van der Waals surface area contributed by atoms with E-state index >= 15 is 0 Å². The first kappa shape index (κ1) is 21.7. The summed E-state index contributed by atoms with van der Waals surface area (Å²) in [5, 5.41) is 3.79. The maximum atomic E-state index is 13.7. The zero-order valence-electron chi connectivity index (χ0n) is 15.8. The summed E-state index contributed by atoms with van der Waals surface area (Å²) in [7, 11) is -2.73. The molecule has 1 aromatic carbocycles. The third-order valence-electron chi connectivity index (χ3n) is 4.78. The van der Waals surface area contributed by atoms with Crippen molar-refractivity contribution in [1.29, 1.82) is 0 Å². The third-order valence-corrected chi connectivity index (χ3v) is 9.51. The van der Waals surface area contributed by atoms with Gasteiger partial charge in [0.1, 0.15) is 0 Å². The van der Waals surface area contributed by atoms with Gasteiger partial charge in [0.15, 0.2) is 20.3 Å². The summed E-state index contributed by atoms with van der Waals surface area (Å²) in [4.78, 5) is 13.0. The Bertz CT molecular complexity index is 730. The van der Waals surface area contributed by atoms with Crippen LogP contribution < -0.4 is 5.43 Å². The molecule has 0 fully saturated rings. The van der Waals surface area contributed by atoms with Crippen LogP contribution in [-0.4, -0.2) is 43.9 Å². The molecule has 1 radical (unpaired) electrons. The van der Waals surface area contributed by atoms with Crippen molar-refractivity contribution in [1.82, 2.24) is 10.3 Å². The monoisotopic (exact) mass is 420 g/mol. The molecule has 0 bridgehead atoms. The molecule has 0 saturated carbocycles. The lowest BCUT2D eigenvalue weighted by atomic mass is 10.2. The lowest BCUT2D eigenvalue weighted by Crippen LogP contribution is -2.53. The molecule has 10 heteroatoms. The van der Waals surface area contributed by atoms with E-state index in [-0.39, 0.29) is 5.84 Å². The zero-order chi connectivity index (χ0) is 20.6. The number of rotatable bonds is 5. The number of amidine groups is 1. The van der Waals surface area contributed by atoms with E-state index in [1.807, 2.05) is 20.8 Å². The summed E-state index contributed by atoms with van der Waals surface area (Å²) in [6.45, 7) is 8.31. The topological polar surface area (TPSA) is 56.0 Å². The Hall–Kier alpha value is -1.58. The van der Waals surface area contributed by atoms with Crippen LogP contribution in [0.3, 0.4) is 0 Å². The van der Waals surface area contributed by atoms with Crippen molar-refractivity contribution in [2.75, 3.05) is 6.54 Å². The number of alkyl halides is 3. The molecule has 1 aromatic rings. The van der Waals surface area contributed by atoms with Gasteiger partial charge >= 0.3 is 12.2 Å². The van der Waals surface area contributed by atoms with Crippen molar-refractivity contribution in [3.05, 3.63) is 34.9 Å². The molecule has 0 aromatic heterocycles. The molecular formula is C17H22ClF3N3O2Si. The summed E-state index contributed by atoms with van der Waals surface area (Å²) in [5.41, 5.74) is 3.86. The summed E-state index contributed by atoms with van der Waals surface area (Å²) in [6, 6.07) is 5.41. The molecule has 1 aliphatic heterocycles. The van der Waals surface area contributed by atoms with E-state index in [1.165, 1.54) is 0 Å². The largest absolute Gasteiger partial charge is 0.415 e. The number of urea groups is 1. The number of benzene rings is 1. The van der Waals surface area contributed by atoms with Gasteiger partial charge in [-0.15, -0.1) is 5.10 Å². The highest BCUT2D eigenvalue weighted by Gasteiger charge is 2.50. The van der Waals surface area contributed by atoms with E-state index in [0.29, 0.717) is 10.6 Å². The molecule has 1 aliphatic rings. The highest BCUT2D eigenvalue weighted by atomic mass is 35.5. The second-order valence-corrected chi connectivity index (χ2v) is 13.0. The van der Waals surface area contributed by atoms with Crippen LogP contribution in [0.4, 0.5) is 18.0 Å². The maximum absolute atomic E-state index is 13.7. The average molecular weight is 421 g/mol. The van der Waals surface area contributed by atoms with Crippen molar-refractivity contribution in [2.24, 2.45) is 5.10 Å². The first-order valence-electron chi connectivity index (χ1n) is 8.33. The van der Waals surface area contributed by atoms with Crippen LogP contribution >= 0.6 is 11.6 Å². The van der Waals surface area contributed by atoms with Gasteiger partial charge in [-0.05, 0) is 42.4 Å². The van der Waals surface area contributed by atoms with Gasteiger partial charge in [0.2, 0.25) is 0 Å². The van der Waals surface area contributed by atoms with Crippen LogP contribution in [0, 0.1) is 0 Å². The minimum atomic E-state index is -4.64. The molecule has 149 valence electrons. The van der Waals surface area contributed by atoms with Gasteiger partial charge in [-0.3, -0.25) is 4.90 Å². The Morgan fingerprint density at radius 3 is 2.22 bits per heavy atom. The van der Waals surface area contributed by atoms with Gasteiger partial charge in [0.25, 0.3) is 0 Å². The Morgan fingerprint density at radius 1 is 1.19 bits per heavy atom. The molecule has 0 unspecified atom stereocenters. The number of halogens is 4. The quantitative estimate of drug-likeness (QED) is 0.630. The van der Waals surface area contributed by atoms with E-state index in [1.54, 1.807) is 37.4 Å². The molecule has 0 aliphatic carbocycles. The summed E-state index contributed by atoms with van der Waals surface area (Å²) in [6.07, 6.45) is -6.77. The first-order chi connectivity index (χ1) is 12.2. The molecule has 1 atom stereocenters. The molecule has 0 N–H and O–H groups in total. The SMILES string of the molecule is CC(C)(C)[Si](C)(C)O[C@@H](CN1C(=O)[N]N=C1c1ccc(Cl)cc1)C(F)(F)F. The lowest BCUT2D eigenvalue weighted by molar-refractivity contribution is -0.199. The Balaban J connectivity index is 2.29. The van der Waals surface area contributed by atoms with Crippen LogP contribution in [0.25, 0.3) is 0 Å². The van der Waals surface area contributed by atoms with Crippen molar-refractivity contribution < 1.29 is 22.4 Å². The summed E-state index contributed by atoms with van der Waals surface area (Å²) >= 11 is 5.83. The first-order valence-corrected chi connectivity index (χ1v) is 11.6. The Labute approximate surface area is 162 Å². The van der Waals surface area contributed by atoms with Crippen molar-refractivity contribution in [3.8, 4) is 0 Å². The molecule has 0 spiro atoms. The number of hydrogen-bond acceptors (Lipinski definition) is 3. The van der Waals surface area contributed by atoms with Crippen LogP contribution in [-0.2, 0) is 4.43 Å². The van der Waals surface area contributed by atoms with Crippen molar-refractivity contribution in [2.45, 2.75) is 51.2 Å². The van der Waals surface area contributed by atoms with Gasteiger partial charge in [0.05, 0.1) is 6.54 Å². The molecule has 2 amide bonds. The summed E-state index contributed by atoms with van der Waals surface area (Å²) < 4.78 is 46.6. The van der Waals surface area contributed by atoms with Crippen LogP contribution in [0.1, 0.15) is 26.3 Å². The summed E-state index contributed by atoms with van der Waals surface area (Å²) in [5.74, 6) is 0.0461. The van der Waals surface area contributed by atoms with E-state index in [2.05, 4.69) is 10.5 Å². The smallest absolute Gasteiger partial charge is 0.404 e. The number of hydrogen-bond donors (Lipinski definition) is 0. The molecular weight excluding hydrogens is 399 g/mol. The molecule has 5 nitrogen and oxygen atoms in total. The van der Waals surface area contributed by atoms with Crippen molar-refractivity contribution in [3.63, 3.8) is 0 Å². The van der Waals surface area contributed by atoms with Crippen LogP contribution in [0.5, 0.6) is 0 Å². The Morgan fingerprint density at radius 2 is 1.74 bits per heavy atom. The number of nitrogens with zero attached hydrogens (tertiary/aromatic N) is 3. The van der Waals surface area contributed by atoms with Gasteiger partial charge in [0, 0.05) is 10.6 Å². The van der Waals surface area contributed by atoms with Gasteiger partial charge in [-0.1, -0.05) is 37.8 Å². The van der Waals surface area contributed by atoms with Gasteiger partial charge < -0.3 is 4.43 Å².